The fraction of sp³-hybridized carbons (Fsp3) is 0.538. The summed E-state index contributed by atoms with van der Waals surface area (Å²) in [4.78, 5) is 2.61. The number of aliphatic hydroxyl groups excluding tert-OH is 2. The molecule has 0 radical (unpaired) electrons. The fourth-order valence-corrected chi connectivity index (χ4v) is 2.09. The lowest BCUT2D eigenvalue weighted by molar-refractivity contribution is 0.0149. The first-order valence-corrected chi connectivity index (χ1v) is 6.03. The Balaban J connectivity index is 2.87. The van der Waals surface area contributed by atoms with Crippen LogP contribution >= 0.6 is 0 Å². The lowest BCUT2D eigenvalue weighted by Gasteiger charge is -2.19. The average Bonchev–Trinajstić information content (AvgIpc) is 2.37. The molecule has 0 saturated carbocycles. The Morgan fingerprint density at radius 2 is 1.89 bits per heavy atom. The highest BCUT2D eigenvalue weighted by Gasteiger charge is 2.19. The Labute approximate surface area is 112 Å². The molecular formula is C13H19N3O3. The molecule has 2 atom stereocenters. The van der Waals surface area contributed by atoms with Crippen LogP contribution in [0.3, 0.4) is 0 Å². The maximum atomic E-state index is 10.1. The summed E-state index contributed by atoms with van der Waals surface area (Å²) in [5.74, 6) is 0.777. The van der Waals surface area contributed by atoms with Gasteiger partial charge in [0, 0.05) is 11.5 Å². The van der Waals surface area contributed by atoms with Gasteiger partial charge < -0.3 is 14.9 Å². The van der Waals surface area contributed by atoms with Crippen molar-refractivity contribution in [2.75, 3.05) is 13.7 Å². The molecule has 0 aliphatic rings. The van der Waals surface area contributed by atoms with Crippen LogP contribution in [0.2, 0.25) is 0 Å². The van der Waals surface area contributed by atoms with Crippen molar-refractivity contribution in [3.05, 3.63) is 39.3 Å². The molecule has 0 spiro atoms. The molecule has 0 amide bonds. The molecule has 19 heavy (non-hydrogen) atoms. The van der Waals surface area contributed by atoms with Crippen molar-refractivity contribution in [2.24, 2.45) is 5.11 Å². The van der Waals surface area contributed by atoms with E-state index in [1.54, 1.807) is 19.2 Å². The second-order valence-electron chi connectivity index (χ2n) is 4.44. The maximum absolute atomic E-state index is 10.1. The number of hydrogen-bond donors (Lipinski definition) is 2. The van der Waals surface area contributed by atoms with E-state index in [4.69, 9.17) is 10.3 Å². The number of methoxy groups -OCH3 is 1. The van der Waals surface area contributed by atoms with Crippen LogP contribution in [0.25, 0.3) is 10.4 Å². The lowest BCUT2D eigenvalue weighted by atomic mass is 9.97. The Bertz CT molecular complexity index is 461. The van der Waals surface area contributed by atoms with E-state index in [0.717, 1.165) is 16.9 Å². The van der Waals surface area contributed by atoms with Gasteiger partial charge in [0.1, 0.15) is 11.9 Å². The van der Waals surface area contributed by atoms with Gasteiger partial charge in [0.15, 0.2) is 0 Å². The first-order chi connectivity index (χ1) is 9.01. The molecule has 0 bridgehead atoms. The van der Waals surface area contributed by atoms with Crippen molar-refractivity contribution in [1.82, 2.24) is 0 Å². The van der Waals surface area contributed by atoms with Crippen molar-refractivity contribution in [1.29, 1.82) is 0 Å². The standard InChI is InChI=1S/C13H19N3O3/c1-8-6-10(7-9(2)13(8)19-3)12(18)11(17)4-5-15-16-14/h6-7,11-12,17-18H,4-5H2,1-3H3. The quantitative estimate of drug-likeness (QED) is 0.469. The molecule has 0 aromatic heterocycles. The fourth-order valence-electron chi connectivity index (χ4n) is 2.09. The highest BCUT2D eigenvalue weighted by molar-refractivity contribution is 5.44. The van der Waals surface area contributed by atoms with Gasteiger partial charge in [-0.05, 0) is 54.6 Å². The van der Waals surface area contributed by atoms with Gasteiger partial charge in [0.05, 0.1) is 13.2 Å². The Kier molecular flexibility index (Phi) is 5.63. The van der Waals surface area contributed by atoms with Crippen LogP contribution < -0.4 is 4.74 Å². The molecule has 2 unspecified atom stereocenters. The monoisotopic (exact) mass is 265 g/mol. The molecule has 0 fully saturated rings. The molecule has 2 N–H and O–H groups in total. The van der Waals surface area contributed by atoms with Gasteiger partial charge in [0.2, 0.25) is 0 Å². The zero-order valence-electron chi connectivity index (χ0n) is 11.4. The van der Waals surface area contributed by atoms with E-state index < -0.39 is 12.2 Å². The summed E-state index contributed by atoms with van der Waals surface area (Å²) in [7, 11) is 1.60. The smallest absolute Gasteiger partial charge is 0.124 e. The van der Waals surface area contributed by atoms with E-state index in [2.05, 4.69) is 10.0 Å². The predicted molar refractivity (Wildman–Crippen MR) is 72.1 cm³/mol. The minimum absolute atomic E-state index is 0.156. The topological polar surface area (TPSA) is 98.5 Å². The van der Waals surface area contributed by atoms with Crippen molar-refractivity contribution < 1.29 is 14.9 Å². The zero-order chi connectivity index (χ0) is 14.4. The molecule has 1 aromatic rings. The minimum atomic E-state index is -1.00. The Morgan fingerprint density at radius 3 is 2.37 bits per heavy atom. The molecule has 6 heteroatoms. The first kappa shape index (κ1) is 15.3. The molecule has 6 nitrogen and oxygen atoms in total. The maximum Gasteiger partial charge on any atom is 0.124 e. The van der Waals surface area contributed by atoms with Gasteiger partial charge >= 0.3 is 0 Å². The summed E-state index contributed by atoms with van der Waals surface area (Å²) in [6, 6.07) is 3.57. The average molecular weight is 265 g/mol. The number of ether oxygens (including phenoxy) is 1. The summed E-state index contributed by atoms with van der Waals surface area (Å²) in [5, 5.41) is 23.3. The first-order valence-electron chi connectivity index (χ1n) is 6.03. The summed E-state index contributed by atoms with van der Waals surface area (Å²) in [6.07, 6.45) is -1.75. The minimum Gasteiger partial charge on any atom is -0.496 e. The number of benzene rings is 1. The van der Waals surface area contributed by atoms with E-state index in [1.165, 1.54) is 0 Å². The third-order valence-electron chi connectivity index (χ3n) is 2.98. The van der Waals surface area contributed by atoms with Crippen molar-refractivity contribution >= 4 is 0 Å². The van der Waals surface area contributed by atoms with Gasteiger partial charge in [-0.1, -0.05) is 5.11 Å². The van der Waals surface area contributed by atoms with Crippen LogP contribution in [-0.2, 0) is 0 Å². The van der Waals surface area contributed by atoms with Crippen LogP contribution in [0, 0.1) is 13.8 Å². The van der Waals surface area contributed by atoms with Gasteiger partial charge in [-0.3, -0.25) is 0 Å². The highest BCUT2D eigenvalue weighted by atomic mass is 16.5. The molecule has 0 aliphatic heterocycles. The van der Waals surface area contributed by atoms with E-state index in [9.17, 15) is 10.2 Å². The van der Waals surface area contributed by atoms with Crippen molar-refractivity contribution in [2.45, 2.75) is 32.5 Å². The van der Waals surface area contributed by atoms with Gasteiger partial charge in [-0.2, -0.15) is 0 Å². The molecule has 104 valence electrons. The summed E-state index contributed by atoms with van der Waals surface area (Å²) < 4.78 is 5.25. The predicted octanol–water partition coefficient (Wildman–Crippen LogP) is 2.41. The lowest BCUT2D eigenvalue weighted by Crippen LogP contribution is -2.19. The summed E-state index contributed by atoms with van der Waals surface area (Å²) in [6.45, 7) is 3.92. The normalized spacial score (nSPS) is 13.5. The molecule has 0 heterocycles. The number of aliphatic hydroxyl groups is 2. The number of azide groups is 1. The molecule has 1 aromatic carbocycles. The second kappa shape index (κ2) is 6.99. The number of nitrogens with zero attached hydrogens (tertiary/aromatic N) is 3. The molecule has 0 aliphatic carbocycles. The number of aryl methyl sites for hydroxylation is 2. The SMILES string of the molecule is COc1c(C)cc(C(O)C(O)CCN=[N+]=[N-])cc1C. The van der Waals surface area contributed by atoms with Crippen LogP contribution in [0.5, 0.6) is 5.75 Å². The van der Waals surface area contributed by atoms with Crippen LogP contribution in [-0.4, -0.2) is 30.0 Å². The largest absolute Gasteiger partial charge is 0.496 e. The van der Waals surface area contributed by atoms with Gasteiger partial charge in [0.25, 0.3) is 0 Å². The molecule has 1 rings (SSSR count). The van der Waals surface area contributed by atoms with Crippen LogP contribution in [0.4, 0.5) is 0 Å². The van der Waals surface area contributed by atoms with Crippen LogP contribution in [0.1, 0.15) is 29.2 Å². The summed E-state index contributed by atoms with van der Waals surface area (Å²) >= 11 is 0. The molecular weight excluding hydrogens is 246 g/mol. The van der Waals surface area contributed by atoms with Crippen molar-refractivity contribution in [3.8, 4) is 5.75 Å². The second-order valence-corrected chi connectivity index (χ2v) is 4.44. The zero-order valence-corrected chi connectivity index (χ0v) is 11.4. The van der Waals surface area contributed by atoms with Gasteiger partial charge in [-0.15, -0.1) is 0 Å². The summed E-state index contributed by atoms with van der Waals surface area (Å²) in [5.41, 5.74) is 10.6. The van der Waals surface area contributed by atoms with E-state index in [-0.39, 0.29) is 13.0 Å². The Morgan fingerprint density at radius 1 is 1.32 bits per heavy atom. The highest BCUT2D eigenvalue weighted by Crippen LogP contribution is 2.28. The molecule has 0 saturated heterocycles. The third kappa shape index (κ3) is 3.86. The van der Waals surface area contributed by atoms with E-state index in [0.29, 0.717) is 5.56 Å². The van der Waals surface area contributed by atoms with Crippen molar-refractivity contribution in [3.63, 3.8) is 0 Å². The number of rotatable bonds is 6. The third-order valence-corrected chi connectivity index (χ3v) is 2.98. The van der Waals surface area contributed by atoms with Gasteiger partial charge in [-0.25, -0.2) is 0 Å². The van der Waals surface area contributed by atoms with Crippen LogP contribution in [0.15, 0.2) is 17.2 Å². The number of hydrogen-bond acceptors (Lipinski definition) is 4. The Hall–Kier alpha value is -1.75. The van der Waals surface area contributed by atoms with E-state index in [1.807, 2.05) is 13.8 Å². The van der Waals surface area contributed by atoms with E-state index >= 15 is 0 Å².